The Bertz CT molecular complexity index is 1400. The molecule has 10 heteroatoms. The molecule has 1 N–H and O–H groups in total. The molecule has 0 aliphatic rings. The third-order valence-electron chi connectivity index (χ3n) is 5.52. The smallest absolute Gasteiger partial charge is 0.458 e. The molecule has 1 amide bonds. The number of halogens is 4. The van der Waals surface area contributed by atoms with E-state index in [0.717, 1.165) is 12.3 Å². The highest BCUT2D eigenvalue weighted by molar-refractivity contribution is 5.99. The lowest BCUT2D eigenvalue weighted by Gasteiger charge is -2.22. The van der Waals surface area contributed by atoms with Crippen LogP contribution < -0.4 is 5.32 Å². The Kier molecular flexibility index (Phi) is 6.53. The topological polar surface area (TPSA) is 85.3 Å². The molecule has 186 valence electrons. The van der Waals surface area contributed by atoms with Crippen molar-refractivity contribution in [3.8, 4) is 22.6 Å². The van der Waals surface area contributed by atoms with Crippen LogP contribution >= 0.6 is 0 Å². The van der Waals surface area contributed by atoms with Gasteiger partial charge in [0.25, 0.3) is 5.91 Å². The monoisotopic (exact) mass is 500 g/mol. The minimum absolute atomic E-state index is 0.196. The number of Topliss-reactive ketones (excluding diaryl/α,β-unsaturated/α-hetero) is 1. The van der Waals surface area contributed by atoms with Crippen LogP contribution in [0.4, 0.5) is 17.6 Å². The summed E-state index contributed by atoms with van der Waals surface area (Å²) in [6, 6.07) is 12.9. The van der Waals surface area contributed by atoms with E-state index in [1.54, 1.807) is 30.3 Å². The Hall–Kier alpha value is -4.21. The molecule has 2 aromatic heterocycles. The fourth-order valence-corrected chi connectivity index (χ4v) is 3.39. The van der Waals surface area contributed by atoms with Crippen molar-refractivity contribution < 1.29 is 36.0 Å². The van der Waals surface area contributed by atoms with Gasteiger partial charge in [-0.25, -0.2) is 9.37 Å². The van der Waals surface area contributed by atoms with E-state index in [2.05, 4.69) is 10.3 Å². The van der Waals surface area contributed by atoms with E-state index >= 15 is 0 Å². The van der Waals surface area contributed by atoms with Crippen LogP contribution in [0, 0.1) is 5.82 Å². The molecule has 0 fully saturated rings. The summed E-state index contributed by atoms with van der Waals surface area (Å²) in [6.45, 7) is 3.92. The first-order valence-electron chi connectivity index (χ1n) is 10.7. The Morgan fingerprint density at radius 2 is 1.64 bits per heavy atom. The Morgan fingerprint density at radius 3 is 2.33 bits per heavy atom. The molecule has 0 radical (unpaired) electrons. The van der Waals surface area contributed by atoms with Crippen molar-refractivity contribution in [1.82, 2.24) is 10.3 Å². The van der Waals surface area contributed by atoms with Crippen LogP contribution in [0.15, 0.2) is 76.0 Å². The maximum absolute atomic E-state index is 13.2. The first-order chi connectivity index (χ1) is 16.9. The summed E-state index contributed by atoms with van der Waals surface area (Å²) in [6.07, 6.45) is -2.54. The second-order valence-corrected chi connectivity index (χ2v) is 8.72. The normalized spacial score (nSPS) is 11.9. The number of ketones is 1. The third-order valence-corrected chi connectivity index (χ3v) is 5.52. The molecule has 36 heavy (non-hydrogen) atoms. The zero-order valence-corrected chi connectivity index (χ0v) is 19.2. The highest BCUT2D eigenvalue weighted by atomic mass is 19.4. The maximum Gasteiger partial charge on any atom is 0.458 e. The van der Waals surface area contributed by atoms with Gasteiger partial charge < -0.3 is 14.2 Å². The number of oxazole rings is 1. The largest absolute Gasteiger partial charge is 0.460 e. The fourth-order valence-electron chi connectivity index (χ4n) is 3.39. The number of aromatic nitrogens is 1. The molecule has 6 nitrogen and oxygen atoms in total. The molecule has 0 spiro atoms. The summed E-state index contributed by atoms with van der Waals surface area (Å²) < 4.78 is 61.4. The molecule has 4 aromatic rings. The lowest BCUT2D eigenvalue weighted by Crippen LogP contribution is -2.37. The third kappa shape index (κ3) is 5.37. The average molecular weight is 500 g/mol. The molecule has 0 saturated carbocycles. The summed E-state index contributed by atoms with van der Waals surface area (Å²) >= 11 is 0. The molecule has 2 heterocycles. The van der Waals surface area contributed by atoms with Crippen LogP contribution in [0.3, 0.4) is 0 Å². The molecule has 0 saturated heterocycles. The van der Waals surface area contributed by atoms with Crippen molar-refractivity contribution in [3.63, 3.8) is 0 Å². The van der Waals surface area contributed by atoms with Crippen LogP contribution in [0.5, 0.6) is 0 Å². The maximum atomic E-state index is 13.2. The Balaban J connectivity index is 1.44. The minimum atomic E-state index is -5.05. The number of benzene rings is 2. The first-order valence-corrected chi connectivity index (χ1v) is 10.7. The molecular weight excluding hydrogens is 480 g/mol. The lowest BCUT2D eigenvalue weighted by atomic mass is 9.90. The summed E-state index contributed by atoms with van der Waals surface area (Å²) in [7, 11) is 0. The van der Waals surface area contributed by atoms with Gasteiger partial charge in [-0.05, 0) is 48.0 Å². The van der Waals surface area contributed by atoms with Crippen molar-refractivity contribution in [2.45, 2.75) is 25.4 Å². The Morgan fingerprint density at radius 1 is 0.917 bits per heavy atom. The Labute approximate surface area is 203 Å². The predicted molar refractivity (Wildman–Crippen MR) is 122 cm³/mol. The fraction of sp³-hybridized carbons (Fsp3) is 0.192. The van der Waals surface area contributed by atoms with E-state index in [1.807, 2.05) is 13.8 Å². The quantitative estimate of drug-likeness (QED) is 0.242. The van der Waals surface area contributed by atoms with Crippen molar-refractivity contribution in [2.75, 3.05) is 6.54 Å². The number of rotatable bonds is 7. The van der Waals surface area contributed by atoms with Gasteiger partial charge in [0.15, 0.2) is 5.76 Å². The van der Waals surface area contributed by atoms with E-state index in [0.29, 0.717) is 22.7 Å². The number of amides is 1. The second-order valence-electron chi connectivity index (χ2n) is 8.72. The van der Waals surface area contributed by atoms with Crippen LogP contribution in [0.2, 0.25) is 0 Å². The van der Waals surface area contributed by atoms with Crippen LogP contribution in [0.1, 0.15) is 40.5 Å². The molecule has 0 bridgehead atoms. The van der Waals surface area contributed by atoms with Crippen LogP contribution in [-0.2, 0) is 5.41 Å². The summed E-state index contributed by atoms with van der Waals surface area (Å²) in [4.78, 5) is 28.6. The van der Waals surface area contributed by atoms with Gasteiger partial charge in [-0.1, -0.05) is 26.0 Å². The van der Waals surface area contributed by atoms with Gasteiger partial charge in [-0.2, -0.15) is 13.2 Å². The minimum Gasteiger partial charge on any atom is -0.460 e. The van der Waals surface area contributed by atoms with Gasteiger partial charge in [0, 0.05) is 28.7 Å². The number of carbonyl (C=O) groups excluding carboxylic acids is 2. The number of hydrogen-bond donors (Lipinski definition) is 1. The van der Waals surface area contributed by atoms with Crippen molar-refractivity contribution >= 4 is 11.7 Å². The number of nitrogens with zero attached hydrogens (tertiary/aromatic N) is 1. The van der Waals surface area contributed by atoms with E-state index in [-0.39, 0.29) is 23.5 Å². The SMILES string of the molecule is CC(C)(CNC(=O)c1cccc(-c2coc(C(=O)C(F)(F)F)c2)c1)c1coc(-c2ccc(F)cc2)n1. The predicted octanol–water partition coefficient (Wildman–Crippen LogP) is 6.19. The van der Waals surface area contributed by atoms with Gasteiger partial charge >= 0.3 is 12.0 Å². The van der Waals surface area contributed by atoms with Crippen molar-refractivity contribution in [1.29, 1.82) is 0 Å². The van der Waals surface area contributed by atoms with Crippen molar-refractivity contribution in [2.24, 2.45) is 0 Å². The number of alkyl halides is 3. The van der Waals surface area contributed by atoms with E-state index in [1.165, 1.54) is 24.5 Å². The number of hydrogen-bond acceptors (Lipinski definition) is 5. The molecule has 4 rings (SSSR count). The van der Waals surface area contributed by atoms with Crippen molar-refractivity contribution in [3.05, 3.63) is 90.0 Å². The van der Waals surface area contributed by atoms with Gasteiger partial charge in [-0.15, -0.1) is 0 Å². The van der Waals surface area contributed by atoms with E-state index in [4.69, 9.17) is 8.83 Å². The molecule has 0 aliphatic carbocycles. The number of carbonyl (C=O) groups is 2. The summed E-state index contributed by atoms with van der Waals surface area (Å²) in [5, 5.41) is 2.82. The first kappa shape index (κ1) is 24.9. The summed E-state index contributed by atoms with van der Waals surface area (Å²) in [5.41, 5.74) is 1.47. The van der Waals surface area contributed by atoms with Crippen LogP contribution in [0.25, 0.3) is 22.6 Å². The zero-order valence-electron chi connectivity index (χ0n) is 19.2. The highest BCUT2D eigenvalue weighted by Gasteiger charge is 2.41. The zero-order chi connectivity index (χ0) is 26.1. The van der Waals surface area contributed by atoms with E-state index < -0.39 is 29.0 Å². The highest BCUT2D eigenvalue weighted by Crippen LogP contribution is 2.29. The number of furan rings is 1. The van der Waals surface area contributed by atoms with Gasteiger partial charge in [0.05, 0.1) is 12.0 Å². The lowest BCUT2D eigenvalue weighted by molar-refractivity contribution is -0.0899. The molecule has 2 aromatic carbocycles. The average Bonchev–Trinajstić information content (AvgIpc) is 3.53. The van der Waals surface area contributed by atoms with Gasteiger partial charge in [0.2, 0.25) is 5.89 Å². The van der Waals surface area contributed by atoms with Gasteiger partial charge in [0.1, 0.15) is 12.1 Å². The van der Waals surface area contributed by atoms with E-state index in [9.17, 15) is 27.2 Å². The second kappa shape index (κ2) is 9.44. The molecule has 0 atom stereocenters. The molecule has 0 unspecified atom stereocenters. The van der Waals surface area contributed by atoms with Crippen LogP contribution in [-0.4, -0.2) is 29.4 Å². The molecular formula is C26H20F4N2O4. The van der Waals surface area contributed by atoms with Gasteiger partial charge in [-0.3, -0.25) is 9.59 Å². The summed E-state index contributed by atoms with van der Waals surface area (Å²) in [5.74, 6) is -3.38. The number of nitrogens with one attached hydrogen (secondary N) is 1. The standard InChI is InChI=1S/C26H20F4N2O4/c1-25(2,21-13-36-24(32-21)15-6-8-19(27)9-7-15)14-31-23(34)17-5-3-4-16(10-17)18-11-20(35-12-18)22(33)26(28,29)30/h3-13H,14H2,1-2H3,(H,31,34). The molecule has 0 aliphatic heterocycles.